The fourth-order valence-corrected chi connectivity index (χ4v) is 2.00. The first kappa shape index (κ1) is 10.6. The third-order valence-corrected chi connectivity index (χ3v) is 2.90. The van der Waals surface area contributed by atoms with Crippen LogP contribution in [-0.2, 0) is 4.74 Å². The van der Waals surface area contributed by atoms with E-state index in [2.05, 4.69) is 4.98 Å². The lowest BCUT2D eigenvalue weighted by molar-refractivity contribution is 0.00236. The van der Waals surface area contributed by atoms with Crippen molar-refractivity contribution >= 4 is 17.1 Å². The van der Waals surface area contributed by atoms with Gasteiger partial charge >= 0.3 is 0 Å². The summed E-state index contributed by atoms with van der Waals surface area (Å²) in [6, 6.07) is 8.28. The molecule has 0 saturated carbocycles. The molecule has 90 valence electrons. The van der Waals surface area contributed by atoms with Crippen LogP contribution in [0.15, 0.2) is 28.7 Å². The van der Waals surface area contributed by atoms with E-state index < -0.39 is 0 Å². The second-order valence-electron chi connectivity index (χ2n) is 4.09. The van der Waals surface area contributed by atoms with E-state index >= 15 is 0 Å². The van der Waals surface area contributed by atoms with Crippen molar-refractivity contribution in [3.63, 3.8) is 0 Å². The Labute approximate surface area is 98.6 Å². The van der Waals surface area contributed by atoms with Gasteiger partial charge in [-0.25, -0.2) is 0 Å². The highest BCUT2D eigenvalue weighted by molar-refractivity contribution is 5.74. The van der Waals surface area contributed by atoms with Crippen LogP contribution in [0, 0.1) is 0 Å². The number of oxazole rings is 1. The lowest BCUT2D eigenvalue weighted by Crippen LogP contribution is -2.44. The number of nitrogens with zero attached hydrogens (tertiary/aromatic N) is 2. The van der Waals surface area contributed by atoms with Crippen molar-refractivity contribution in [2.24, 2.45) is 0 Å². The first-order valence-corrected chi connectivity index (χ1v) is 5.70. The number of hydrogen-bond acceptors (Lipinski definition) is 5. The van der Waals surface area contributed by atoms with Crippen LogP contribution < -0.4 is 4.90 Å². The van der Waals surface area contributed by atoms with E-state index in [1.165, 1.54) is 0 Å². The van der Waals surface area contributed by atoms with E-state index in [-0.39, 0.29) is 12.7 Å². The molecule has 2 aromatic rings. The zero-order chi connectivity index (χ0) is 11.7. The molecule has 1 aromatic carbocycles. The zero-order valence-corrected chi connectivity index (χ0v) is 9.37. The van der Waals surface area contributed by atoms with Crippen LogP contribution in [0.3, 0.4) is 0 Å². The maximum absolute atomic E-state index is 9.09. The highest BCUT2D eigenvalue weighted by atomic mass is 16.5. The molecule has 1 unspecified atom stereocenters. The molecule has 0 radical (unpaired) electrons. The summed E-state index contributed by atoms with van der Waals surface area (Å²) >= 11 is 0. The number of ether oxygens (including phenoxy) is 1. The van der Waals surface area contributed by atoms with E-state index in [4.69, 9.17) is 14.3 Å². The number of benzene rings is 1. The van der Waals surface area contributed by atoms with Crippen molar-refractivity contribution < 1.29 is 14.3 Å². The summed E-state index contributed by atoms with van der Waals surface area (Å²) < 4.78 is 11.1. The smallest absolute Gasteiger partial charge is 0.298 e. The molecule has 0 bridgehead atoms. The molecule has 3 rings (SSSR count). The summed E-state index contributed by atoms with van der Waals surface area (Å²) in [5.41, 5.74) is 1.64. The number of aliphatic hydroxyl groups excluding tert-OH is 1. The molecule has 1 aliphatic heterocycles. The SMILES string of the molecule is OCC1CN(c2nc3ccccc3o2)CCO1. The van der Waals surface area contributed by atoms with Gasteiger partial charge in [-0.3, -0.25) is 0 Å². The first-order chi connectivity index (χ1) is 8.36. The third-order valence-electron chi connectivity index (χ3n) is 2.90. The minimum atomic E-state index is -0.154. The summed E-state index contributed by atoms with van der Waals surface area (Å²) in [5.74, 6) is 0. The predicted molar refractivity (Wildman–Crippen MR) is 63.0 cm³/mol. The summed E-state index contributed by atoms with van der Waals surface area (Å²) in [5, 5.41) is 9.09. The van der Waals surface area contributed by atoms with Crippen LogP contribution in [0.5, 0.6) is 0 Å². The van der Waals surface area contributed by atoms with Gasteiger partial charge in [-0.05, 0) is 12.1 Å². The predicted octanol–water partition coefficient (Wildman–Crippen LogP) is 1.03. The molecule has 0 spiro atoms. The van der Waals surface area contributed by atoms with Crippen molar-refractivity contribution in [1.82, 2.24) is 4.98 Å². The molecule has 1 aromatic heterocycles. The normalized spacial score (nSPS) is 21.0. The number of rotatable bonds is 2. The molecule has 1 fully saturated rings. The van der Waals surface area contributed by atoms with Crippen molar-refractivity contribution in [2.45, 2.75) is 6.10 Å². The molecule has 5 heteroatoms. The van der Waals surface area contributed by atoms with E-state index in [9.17, 15) is 0 Å². The first-order valence-electron chi connectivity index (χ1n) is 5.70. The zero-order valence-electron chi connectivity index (χ0n) is 9.37. The van der Waals surface area contributed by atoms with Gasteiger partial charge in [0, 0.05) is 6.54 Å². The molecule has 1 N–H and O–H groups in total. The highest BCUT2D eigenvalue weighted by Gasteiger charge is 2.23. The van der Waals surface area contributed by atoms with Crippen molar-refractivity contribution in [2.75, 3.05) is 31.2 Å². The van der Waals surface area contributed by atoms with Crippen LogP contribution >= 0.6 is 0 Å². The van der Waals surface area contributed by atoms with E-state index in [1.807, 2.05) is 29.2 Å². The summed E-state index contributed by atoms with van der Waals surface area (Å²) in [4.78, 5) is 6.43. The minimum Gasteiger partial charge on any atom is -0.423 e. The Hall–Kier alpha value is -1.59. The second kappa shape index (κ2) is 4.35. The van der Waals surface area contributed by atoms with E-state index in [0.29, 0.717) is 19.2 Å². The second-order valence-corrected chi connectivity index (χ2v) is 4.09. The average molecular weight is 234 g/mol. The summed E-state index contributed by atoms with van der Waals surface area (Å²) in [6.07, 6.45) is -0.154. The molecule has 17 heavy (non-hydrogen) atoms. The topological polar surface area (TPSA) is 58.7 Å². The largest absolute Gasteiger partial charge is 0.423 e. The third kappa shape index (κ3) is 1.99. The van der Waals surface area contributed by atoms with Crippen molar-refractivity contribution in [3.8, 4) is 0 Å². The van der Waals surface area contributed by atoms with E-state index in [1.54, 1.807) is 0 Å². The number of aromatic nitrogens is 1. The summed E-state index contributed by atoms with van der Waals surface area (Å²) in [7, 11) is 0. The fraction of sp³-hybridized carbons (Fsp3) is 0.417. The highest BCUT2D eigenvalue weighted by Crippen LogP contribution is 2.22. The van der Waals surface area contributed by atoms with Gasteiger partial charge in [0.15, 0.2) is 5.58 Å². The Morgan fingerprint density at radius 3 is 3.12 bits per heavy atom. The average Bonchev–Trinajstić information content (AvgIpc) is 2.82. The van der Waals surface area contributed by atoms with Crippen molar-refractivity contribution in [3.05, 3.63) is 24.3 Å². The molecule has 2 heterocycles. The standard InChI is InChI=1S/C12H14N2O3/c15-8-9-7-14(5-6-16-9)12-13-10-3-1-2-4-11(10)17-12/h1-4,9,15H,5-8H2. The van der Waals surface area contributed by atoms with Crippen LogP contribution in [0.25, 0.3) is 11.1 Å². The van der Waals surface area contributed by atoms with Crippen LogP contribution in [-0.4, -0.2) is 42.5 Å². The number of morpholine rings is 1. The Kier molecular flexibility index (Phi) is 2.70. The lowest BCUT2D eigenvalue weighted by Gasteiger charge is -2.30. The molecule has 1 atom stereocenters. The molecule has 0 aliphatic carbocycles. The van der Waals surface area contributed by atoms with E-state index in [0.717, 1.165) is 17.6 Å². The van der Waals surface area contributed by atoms with Gasteiger partial charge in [-0.2, -0.15) is 4.98 Å². The van der Waals surface area contributed by atoms with Gasteiger partial charge < -0.3 is 19.2 Å². The fourth-order valence-electron chi connectivity index (χ4n) is 2.00. The minimum absolute atomic E-state index is 0.0245. The van der Waals surface area contributed by atoms with Gasteiger partial charge in [-0.15, -0.1) is 0 Å². The maximum atomic E-state index is 9.09. The van der Waals surface area contributed by atoms with Gasteiger partial charge in [-0.1, -0.05) is 12.1 Å². The summed E-state index contributed by atoms with van der Waals surface area (Å²) in [6.45, 7) is 1.97. The Morgan fingerprint density at radius 2 is 2.29 bits per heavy atom. The molecular weight excluding hydrogens is 220 g/mol. The molecule has 1 aliphatic rings. The Morgan fingerprint density at radius 1 is 1.41 bits per heavy atom. The molecule has 1 saturated heterocycles. The van der Waals surface area contributed by atoms with Crippen LogP contribution in [0.4, 0.5) is 6.01 Å². The quantitative estimate of drug-likeness (QED) is 0.840. The number of hydrogen-bond donors (Lipinski definition) is 1. The number of aliphatic hydroxyl groups is 1. The van der Waals surface area contributed by atoms with Gasteiger partial charge in [0.1, 0.15) is 5.52 Å². The molecule has 5 nitrogen and oxygen atoms in total. The number of para-hydroxylation sites is 2. The Bertz CT molecular complexity index is 478. The monoisotopic (exact) mass is 234 g/mol. The number of anilines is 1. The van der Waals surface area contributed by atoms with Gasteiger partial charge in [0.2, 0.25) is 0 Å². The van der Waals surface area contributed by atoms with Crippen LogP contribution in [0.2, 0.25) is 0 Å². The lowest BCUT2D eigenvalue weighted by atomic mass is 10.3. The maximum Gasteiger partial charge on any atom is 0.298 e. The van der Waals surface area contributed by atoms with Crippen LogP contribution in [0.1, 0.15) is 0 Å². The Balaban J connectivity index is 1.87. The number of fused-ring (bicyclic) bond motifs is 1. The van der Waals surface area contributed by atoms with Crippen molar-refractivity contribution in [1.29, 1.82) is 0 Å². The van der Waals surface area contributed by atoms with Gasteiger partial charge in [0.05, 0.1) is 25.9 Å². The molecule has 0 amide bonds. The molecular formula is C12H14N2O3. The van der Waals surface area contributed by atoms with Gasteiger partial charge in [0.25, 0.3) is 6.01 Å².